The Morgan fingerprint density at radius 1 is 1.41 bits per heavy atom. The molecule has 1 aliphatic rings. The van der Waals surface area contributed by atoms with E-state index in [1.165, 1.54) is 25.7 Å². The van der Waals surface area contributed by atoms with E-state index in [9.17, 15) is 4.39 Å². The van der Waals surface area contributed by atoms with E-state index in [0.717, 1.165) is 16.2 Å². The van der Waals surface area contributed by atoms with Gasteiger partial charge in [0.25, 0.3) is 0 Å². The van der Waals surface area contributed by atoms with Gasteiger partial charge in [-0.2, -0.15) is 0 Å². The Morgan fingerprint density at radius 2 is 2.24 bits per heavy atom. The third-order valence-electron chi connectivity index (χ3n) is 2.98. The summed E-state index contributed by atoms with van der Waals surface area (Å²) < 4.78 is 13.8. The lowest BCUT2D eigenvalue weighted by atomic mass is 10.2. The maximum absolute atomic E-state index is 13.8. The lowest BCUT2D eigenvalue weighted by molar-refractivity contribution is 0.579. The molecule has 1 aromatic carbocycles. The summed E-state index contributed by atoms with van der Waals surface area (Å²) in [5, 5.41) is 3.39. The van der Waals surface area contributed by atoms with Crippen molar-refractivity contribution in [3.05, 3.63) is 29.6 Å². The number of thioether (sulfide) groups is 1. The Morgan fingerprint density at radius 3 is 2.94 bits per heavy atom. The molecule has 1 N–H and O–H groups in total. The summed E-state index contributed by atoms with van der Waals surface area (Å²) in [6.45, 7) is 2.85. The van der Waals surface area contributed by atoms with Crippen LogP contribution in [0.5, 0.6) is 0 Å². The third-order valence-corrected chi connectivity index (χ3v) is 4.16. The zero-order valence-corrected chi connectivity index (χ0v) is 11.2. The summed E-state index contributed by atoms with van der Waals surface area (Å²) in [5.41, 5.74) is 0.848. The Balaban J connectivity index is 1.98. The van der Waals surface area contributed by atoms with Gasteiger partial charge in [-0.3, -0.25) is 0 Å². The molecular formula is C14H20FNS. The van der Waals surface area contributed by atoms with E-state index in [1.54, 1.807) is 17.8 Å². The van der Waals surface area contributed by atoms with Crippen LogP contribution < -0.4 is 5.32 Å². The smallest absolute Gasteiger partial charge is 0.128 e. The van der Waals surface area contributed by atoms with Gasteiger partial charge in [0.1, 0.15) is 5.82 Å². The van der Waals surface area contributed by atoms with Crippen LogP contribution >= 0.6 is 11.8 Å². The van der Waals surface area contributed by atoms with Crippen molar-refractivity contribution in [3.63, 3.8) is 0 Å². The summed E-state index contributed by atoms with van der Waals surface area (Å²) in [6, 6.07) is 6.04. The summed E-state index contributed by atoms with van der Waals surface area (Å²) in [6.07, 6.45) is 4.87. The lowest BCUT2D eigenvalue weighted by Gasteiger charge is -2.10. The molecule has 0 bridgehead atoms. The van der Waals surface area contributed by atoms with Crippen LogP contribution in [0.15, 0.2) is 23.1 Å². The molecule has 1 fully saturated rings. The van der Waals surface area contributed by atoms with Crippen LogP contribution in [0.1, 0.15) is 38.2 Å². The SMILES string of the molecule is CCCCSc1cccc(F)c1CNC1CC1. The standard InChI is InChI=1S/C14H20FNS/c1-2-3-9-17-14-6-4-5-13(15)12(14)10-16-11-7-8-11/h4-6,11,16H,2-3,7-10H2,1H3. The van der Waals surface area contributed by atoms with Crippen LogP contribution in [0.3, 0.4) is 0 Å². The van der Waals surface area contributed by atoms with Crippen molar-refractivity contribution in [2.24, 2.45) is 0 Å². The summed E-state index contributed by atoms with van der Waals surface area (Å²) >= 11 is 1.78. The quantitative estimate of drug-likeness (QED) is 0.583. The highest BCUT2D eigenvalue weighted by molar-refractivity contribution is 7.99. The van der Waals surface area contributed by atoms with E-state index >= 15 is 0 Å². The minimum Gasteiger partial charge on any atom is -0.310 e. The van der Waals surface area contributed by atoms with Gasteiger partial charge >= 0.3 is 0 Å². The highest BCUT2D eigenvalue weighted by atomic mass is 32.2. The van der Waals surface area contributed by atoms with E-state index < -0.39 is 0 Å². The molecule has 1 aliphatic carbocycles. The van der Waals surface area contributed by atoms with Gasteiger partial charge in [-0.05, 0) is 37.1 Å². The van der Waals surface area contributed by atoms with Crippen LogP contribution in [0.2, 0.25) is 0 Å². The third kappa shape index (κ3) is 4.00. The Kier molecular flexibility index (Phi) is 4.86. The second kappa shape index (κ2) is 6.41. The average molecular weight is 253 g/mol. The topological polar surface area (TPSA) is 12.0 Å². The number of nitrogens with one attached hydrogen (secondary N) is 1. The van der Waals surface area contributed by atoms with Crippen molar-refractivity contribution in [1.82, 2.24) is 5.32 Å². The largest absolute Gasteiger partial charge is 0.310 e. The number of halogens is 1. The normalized spacial score (nSPS) is 15.2. The fourth-order valence-corrected chi connectivity index (χ4v) is 2.88. The molecule has 1 nitrogen and oxygen atoms in total. The van der Waals surface area contributed by atoms with E-state index in [0.29, 0.717) is 12.6 Å². The molecule has 0 unspecified atom stereocenters. The lowest BCUT2D eigenvalue weighted by Crippen LogP contribution is -2.17. The predicted octanol–water partition coefficient (Wildman–Crippen LogP) is 3.97. The average Bonchev–Trinajstić information content (AvgIpc) is 3.12. The first-order chi connectivity index (χ1) is 8.31. The van der Waals surface area contributed by atoms with Gasteiger partial charge in [-0.25, -0.2) is 4.39 Å². The zero-order chi connectivity index (χ0) is 12.1. The van der Waals surface area contributed by atoms with Crippen molar-refractivity contribution in [2.45, 2.75) is 50.1 Å². The second-order valence-corrected chi connectivity index (χ2v) is 5.71. The molecule has 0 aromatic heterocycles. The molecular weight excluding hydrogens is 233 g/mol. The van der Waals surface area contributed by atoms with Gasteiger partial charge in [0.15, 0.2) is 0 Å². The fourth-order valence-electron chi connectivity index (χ4n) is 1.71. The molecule has 3 heteroatoms. The summed E-state index contributed by atoms with van der Waals surface area (Å²) in [4.78, 5) is 1.10. The number of benzene rings is 1. The van der Waals surface area contributed by atoms with E-state index in [1.807, 2.05) is 12.1 Å². The van der Waals surface area contributed by atoms with Crippen LogP contribution in [0.25, 0.3) is 0 Å². The molecule has 17 heavy (non-hydrogen) atoms. The molecule has 1 saturated carbocycles. The first-order valence-electron chi connectivity index (χ1n) is 6.45. The van der Waals surface area contributed by atoms with Gasteiger partial charge < -0.3 is 5.32 Å². The van der Waals surface area contributed by atoms with Crippen LogP contribution in [-0.4, -0.2) is 11.8 Å². The predicted molar refractivity (Wildman–Crippen MR) is 71.9 cm³/mol. The van der Waals surface area contributed by atoms with Gasteiger partial charge in [-0.1, -0.05) is 19.4 Å². The second-order valence-electron chi connectivity index (χ2n) is 4.57. The molecule has 2 rings (SSSR count). The molecule has 0 heterocycles. The van der Waals surface area contributed by atoms with Crippen LogP contribution in [0, 0.1) is 5.82 Å². The molecule has 94 valence electrons. The molecule has 0 amide bonds. The minimum absolute atomic E-state index is 0.0698. The Hall–Kier alpha value is -0.540. The maximum Gasteiger partial charge on any atom is 0.128 e. The zero-order valence-electron chi connectivity index (χ0n) is 10.3. The summed E-state index contributed by atoms with van der Waals surface area (Å²) in [7, 11) is 0. The van der Waals surface area contributed by atoms with Crippen molar-refractivity contribution >= 4 is 11.8 Å². The molecule has 0 spiro atoms. The first kappa shape index (κ1) is 12.9. The highest BCUT2D eigenvalue weighted by Gasteiger charge is 2.21. The van der Waals surface area contributed by atoms with E-state index in [-0.39, 0.29) is 5.82 Å². The number of unbranched alkanes of at least 4 members (excludes halogenated alkanes) is 1. The van der Waals surface area contributed by atoms with Crippen molar-refractivity contribution in [3.8, 4) is 0 Å². The molecule has 1 aromatic rings. The fraction of sp³-hybridized carbons (Fsp3) is 0.571. The number of hydrogen-bond donors (Lipinski definition) is 1. The number of rotatable bonds is 7. The highest BCUT2D eigenvalue weighted by Crippen LogP contribution is 2.27. The van der Waals surface area contributed by atoms with E-state index in [2.05, 4.69) is 12.2 Å². The first-order valence-corrected chi connectivity index (χ1v) is 7.43. The van der Waals surface area contributed by atoms with E-state index in [4.69, 9.17) is 0 Å². The van der Waals surface area contributed by atoms with Gasteiger partial charge in [0.05, 0.1) is 0 Å². The van der Waals surface area contributed by atoms with Crippen molar-refractivity contribution in [2.75, 3.05) is 5.75 Å². The van der Waals surface area contributed by atoms with Crippen molar-refractivity contribution < 1.29 is 4.39 Å². The molecule has 0 saturated heterocycles. The van der Waals surface area contributed by atoms with Crippen LogP contribution in [-0.2, 0) is 6.54 Å². The molecule has 0 atom stereocenters. The molecule has 0 radical (unpaired) electrons. The monoisotopic (exact) mass is 253 g/mol. The maximum atomic E-state index is 13.8. The van der Waals surface area contributed by atoms with Crippen molar-refractivity contribution in [1.29, 1.82) is 0 Å². The van der Waals surface area contributed by atoms with Gasteiger partial charge in [0.2, 0.25) is 0 Å². The Bertz CT molecular complexity index is 363. The van der Waals surface area contributed by atoms with Gasteiger partial charge in [0, 0.05) is 23.0 Å². The van der Waals surface area contributed by atoms with Crippen LogP contribution in [0.4, 0.5) is 4.39 Å². The van der Waals surface area contributed by atoms with Gasteiger partial charge in [-0.15, -0.1) is 11.8 Å². The molecule has 0 aliphatic heterocycles. The minimum atomic E-state index is -0.0698. The Labute approximate surface area is 107 Å². The number of hydrogen-bond acceptors (Lipinski definition) is 2. The summed E-state index contributed by atoms with van der Waals surface area (Å²) in [5.74, 6) is 1.01.